The van der Waals surface area contributed by atoms with Gasteiger partial charge in [-0.3, -0.25) is 5.10 Å². The second-order valence-corrected chi connectivity index (χ2v) is 4.60. The molecular weight excluding hydrogens is 212 g/mol. The molecule has 1 aromatic carbocycles. The van der Waals surface area contributed by atoms with Crippen LogP contribution in [0.3, 0.4) is 0 Å². The molecule has 0 radical (unpaired) electrons. The molecule has 4 heteroatoms. The number of H-pyrrole nitrogens is 1. The molecule has 4 nitrogen and oxygen atoms in total. The topological polar surface area (TPSA) is 67.6 Å². The van der Waals surface area contributed by atoms with Gasteiger partial charge in [-0.05, 0) is 26.3 Å². The van der Waals surface area contributed by atoms with Gasteiger partial charge < -0.3 is 5.73 Å². The fraction of sp³-hybridized carbons (Fsp3) is 0.385. The summed E-state index contributed by atoms with van der Waals surface area (Å²) >= 11 is 0. The lowest BCUT2D eigenvalue weighted by atomic mass is 10.1. The molecule has 0 aliphatic rings. The lowest BCUT2D eigenvalue weighted by molar-refractivity contribution is 0.744. The Morgan fingerprint density at radius 2 is 1.88 bits per heavy atom. The summed E-state index contributed by atoms with van der Waals surface area (Å²) in [5.41, 5.74) is 9.51. The van der Waals surface area contributed by atoms with Gasteiger partial charge in [0.2, 0.25) is 0 Å². The molecule has 17 heavy (non-hydrogen) atoms. The molecule has 0 aliphatic carbocycles. The van der Waals surface area contributed by atoms with Crippen LogP contribution < -0.4 is 5.73 Å². The molecule has 0 saturated heterocycles. The van der Waals surface area contributed by atoms with Crippen LogP contribution in [0.15, 0.2) is 18.2 Å². The van der Waals surface area contributed by atoms with E-state index in [1.165, 1.54) is 16.7 Å². The minimum absolute atomic E-state index is 0.126. The summed E-state index contributed by atoms with van der Waals surface area (Å²) in [6.45, 7) is 6.08. The van der Waals surface area contributed by atoms with E-state index in [1.54, 1.807) is 0 Å². The van der Waals surface area contributed by atoms with Crippen LogP contribution in [-0.2, 0) is 6.42 Å². The zero-order valence-electron chi connectivity index (χ0n) is 10.5. The molecule has 2 aromatic rings. The first-order valence-corrected chi connectivity index (χ1v) is 5.78. The Morgan fingerprint density at radius 1 is 1.24 bits per heavy atom. The van der Waals surface area contributed by atoms with E-state index in [-0.39, 0.29) is 6.04 Å². The largest absolute Gasteiger partial charge is 0.321 e. The number of aryl methyl sites for hydroxylation is 2. The van der Waals surface area contributed by atoms with Crippen molar-refractivity contribution in [2.24, 2.45) is 5.73 Å². The number of hydrogen-bond acceptors (Lipinski definition) is 3. The predicted molar refractivity (Wildman–Crippen MR) is 67.7 cm³/mol. The Kier molecular flexibility index (Phi) is 3.24. The molecule has 0 aliphatic heterocycles. The predicted octanol–water partition coefficient (Wildman–Crippen LogP) is 2.03. The number of aromatic amines is 1. The lowest BCUT2D eigenvalue weighted by Gasteiger charge is -2.02. The van der Waals surface area contributed by atoms with Crippen LogP contribution in [0.4, 0.5) is 0 Å². The summed E-state index contributed by atoms with van der Waals surface area (Å²) in [6, 6.07) is 6.37. The maximum atomic E-state index is 5.72. The Bertz CT molecular complexity index is 494. The SMILES string of the molecule is Cc1cc(C)cc(Cc2nc(C(C)N)n[nH]2)c1. The van der Waals surface area contributed by atoms with E-state index in [0.29, 0.717) is 5.82 Å². The molecule has 0 fully saturated rings. The van der Waals surface area contributed by atoms with E-state index in [2.05, 4.69) is 47.2 Å². The van der Waals surface area contributed by atoms with Gasteiger partial charge in [0, 0.05) is 6.42 Å². The van der Waals surface area contributed by atoms with Crippen LogP contribution in [0, 0.1) is 13.8 Å². The van der Waals surface area contributed by atoms with Crippen LogP contribution in [0.1, 0.15) is 41.3 Å². The van der Waals surface area contributed by atoms with Crippen molar-refractivity contribution in [2.45, 2.75) is 33.2 Å². The second kappa shape index (κ2) is 4.67. The fourth-order valence-corrected chi connectivity index (χ4v) is 1.96. The summed E-state index contributed by atoms with van der Waals surface area (Å²) in [7, 11) is 0. The molecule has 1 atom stereocenters. The molecule has 3 N–H and O–H groups in total. The number of aromatic nitrogens is 3. The van der Waals surface area contributed by atoms with Crippen LogP contribution in [0.25, 0.3) is 0 Å². The zero-order valence-corrected chi connectivity index (χ0v) is 10.5. The first-order chi connectivity index (χ1) is 8.04. The third-order valence-corrected chi connectivity index (χ3v) is 2.61. The van der Waals surface area contributed by atoms with Gasteiger partial charge in [0.1, 0.15) is 5.82 Å². The normalized spacial score (nSPS) is 12.7. The molecule has 1 unspecified atom stereocenters. The molecule has 0 saturated carbocycles. The van der Waals surface area contributed by atoms with Crippen molar-refractivity contribution in [1.29, 1.82) is 0 Å². The number of rotatable bonds is 3. The third-order valence-electron chi connectivity index (χ3n) is 2.61. The number of nitrogens with zero attached hydrogens (tertiary/aromatic N) is 2. The maximum absolute atomic E-state index is 5.72. The highest BCUT2D eigenvalue weighted by atomic mass is 15.2. The number of nitrogens with one attached hydrogen (secondary N) is 1. The summed E-state index contributed by atoms with van der Waals surface area (Å²) in [5, 5.41) is 7.03. The molecule has 0 amide bonds. The standard InChI is InChI=1S/C13H18N4/c1-8-4-9(2)6-11(5-8)7-12-15-13(10(3)14)17-16-12/h4-6,10H,7,14H2,1-3H3,(H,15,16,17). The highest BCUT2D eigenvalue weighted by Gasteiger charge is 2.07. The molecular formula is C13H18N4. The first-order valence-electron chi connectivity index (χ1n) is 5.78. The minimum atomic E-state index is -0.126. The van der Waals surface area contributed by atoms with E-state index in [0.717, 1.165) is 12.2 Å². The van der Waals surface area contributed by atoms with Gasteiger partial charge in [-0.2, -0.15) is 5.10 Å². The van der Waals surface area contributed by atoms with Crippen molar-refractivity contribution >= 4 is 0 Å². The van der Waals surface area contributed by atoms with Crippen molar-refractivity contribution < 1.29 is 0 Å². The molecule has 90 valence electrons. The van der Waals surface area contributed by atoms with E-state index >= 15 is 0 Å². The van der Waals surface area contributed by atoms with E-state index in [4.69, 9.17) is 5.73 Å². The van der Waals surface area contributed by atoms with Crippen molar-refractivity contribution in [2.75, 3.05) is 0 Å². The monoisotopic (exact) mass is 230 g/mol. The fourth-order valence-electron chi connectivity index (χ4n) is 1.96. The van der Waals surface area contributed by atoms with Crippen LogP contribution in [-0.4, -0.2) is 15.2 Å². The van der Waals surface area contributed by atoms with Gasteiger partial charge in [0.15, 0.2) is 5.82 Å². The lowest BCUT2D eigenvalue weighted by Crippen LogP contribution is -2.06. The van der Waals surface area contributed by atoms with Crippen molar-refractivity contribution in [1.82, 2.24) is 15.2 Å². The minimum Gasteiger partial charge on any atom is -0.321 e. The molecule has 1 aromatic heterocycles. The Labute approximate surface area is 101 Å². The number of nitrogens with two attached hydrogens (primary N) is 1. The van der Waals surface area contributed by atoms with Gasteiger partial charge in [-0.25, -0.2) is 4.98 Å². The zero-order chi connectivity index (χ0) is 12.4. The molecule has 1 heterocycles. The summed E-state index contributed by atoms with van der Waals surface area (Å²) < 4.78 is 0. The number of benzene rings is 1. The Balaban J connectivity index is 2.19. The van der Waals surface area contributed by atoms with Gasteiger partial charge in [0.05, 0.1) is 6.04 Å². The summed E-state index contributed by atoms with van der Waals surface area (Å²) in [4.78, 5) is 4.37. The highest BCUT2D eigenvalue weighted by Crippen LogP contribution is 2.12. The van der Waals surface area contributed by atoms with Crippen LogP contribution in [0.2, 0.25) is 0 Å². The van der Waals surface area contributed by atoms with Crippen molar-refractivity contribution in [3.8, 4) is 0 Å². The average molecular weight is 230 g/mol. The molecule has 2 rings (SSSR count). The van der Waals surface area contributed by atoms with Crippen LogP contribution >= 0.6 is 0 Å². The highest BCUT2D eigenvalue weighted by molar-refractivity contribution is 5.30. The molecule has 0 bridgehead atoms. The third kappa shape index (κ3) is 2.91. The van der Waals surface area contributed by atoms with Crippen LogP contribution in [0.5, 0.6) is 0 Å². The van der Waals surface area contributed by atoms with Gasteiger partial charge >= 0.3 is 0 Å². The van der Waals surface area contributed by atoms with E-state index < -0.39 is 0 Å². The van der Waals surface area contributed by atoms with E-state index in [1.807, 2.05) is 6.92 Å². The maximum Gasteiger partial charge on any atom is 0.167 e. The quantitative estimate of drug-likeness (QED) is 0.847. The van der Waals surface area contributed by atoms with Gasteiger partial charge in [-0.1, -0.05) is 29.3 Å². The smallest absolute Gasteiger partial charge is 0.167 e. The number of hydrogen-bond donors (Lipinski definition) is 2. The molecule has 0 spiro atoms. The Morgan fingerprint density at radius 3 is 2.41 bits per heavy atom. The first kappa shape index (κ1) is 11.8. The van der Waals surface area contributed by atoms with Gasteiger partial charge in [0.25, 0.3) is 0 Å². The van der Waals surface area contributed by atoms with Crippen molar-refractivity contribution in [3.63, 3.8) is 0 Å². The van der Waals surface area contributed by atoms with E-state index in [9.17, 15) is 0 Å². The summed E-state index contributed by atoms with van der Waals surface area (Å²) in [5.74, 6) is 1.53. The van der Waals surface area contributed by atoms with Crippen molar-refractivity contribution in [3.05, 3.63) is 46.5 Å². The van der Waals surface area contributed by atoms with Gasteiger partial charge in [-0.15, -0.1) is 0 Å². The second-order valence-electron chi connectivity index (χ2n) is 4.60. The summed E-state index contributed by atoms with van der Waals surface area (Å²) in [6.07, 6.45) is 0.766. The average Bonchev–Trinajstić information content (AvgIpc) is 2.64. The Hall–Kier alpha value is -1.68.